The molecular weight excluding hydrogens is 264 g/mol. The van der Waals surface area contributed by atoms with Crippen LogP contribution < -0.4 is 9.47 Å². The Labute approximate surface area is 94.9 Å². The van der Waals surface area contributed by atoms with Gasteiger partial charge in [0, 0.05) is 0 Å². The average Bonchev–Trinajstić information content (AvgIpc) is 2.64. The Morgan fingerprint density at radius 1 is 1.53 bits per heavy atom. The molecule has 1 atom stereocenters. The van der Waals surface area contributed by atoms with Crippen molar-refractivity contribution in [2.75, 3.05) is 6.79 Å². The lowest BCUT2D eigenvalue weighted by Crippen LogP contribution is -2.07. The van der Waals surface area contributed by atoms with Gasteiger partial charge in [-0.3, -0.25) is 4.79 Å². The molecule has 0 fully saturated rings. The first-order valence-electron chi connectivity index (χ1n) is 4.41. The van der Waals surface area contributed by atoms with Gasteiger partial charge in [-0.05, 0) is 40.5 Å². The highest BCUT2D eigenvalue weighted by Gasteiger charge is 2.22. The van der Waals surface area contributed by atoms with Crippen LogP contribution in [0.15, 0.2) is 16.6 Å². The second-order valence-corrected chi connectivity index (χ2v) is 4.15. The van der Waals surface area contributed by atoms with Gasteiger partial charge < -0.3 is 14.6 Å². The number of halogens is 1. The van der Waals surface area contributed by atoms with E-state index in [4.69, 9.17) is 14.6 Å². The summed E-state index contributed by atoms with van der Waals surface area (Å²) in [5, 5.41) is 8.89. The van der Waals surface area contributed by atoms with Gasteiger partial charge in [0.1, 0.15) is 0 Å². The van der Waals surface area contributed by atoms with Crippen LogP contribution >= 0.6 is 15.9 Å². The summed E-state index contributed by atoms with van der Waals surface area (Å²) in [6.07, 6.45) is 0. The fourth-order valence-electron chi connectivity index (χ4n) is 1.38. The third-order valence-corrected chi connectivity index (χ3v) is 2.91. The number of fused-ring (bicyclic) bond motifs is 1. The monoisotopic (exact) mass is 272 g/mol. The van der Waals surface area contributed by atoms with Crippen LogP contribution in [0.5, 0.6) is 11.5 Å². The molecule has 1 aliphatic heterocycles. The van der Waals surface area contributed by atoms with E-state index in [2.05, 4.69) is 15.9 Å². The molecule has 4 nitrogen and oxygen atoms in total. The zero-order chi connectivity index (χ0) is 11.0. The SMILES string of the molecule is CC(C(=O)O)c1cc(Br)c2c(c1)OCO2. The van der Waals surface area contributed by atoms with Crippen LogP contribution in [0.3, 0.4) is 0 Å². The summed E-state index contributed by atoms with van der Waals surface area (Å²) >= 11 is 3.32. The maximum atomic E-state index is 10.8. The first-order valence-corrected chi connectivity index (χ1v) is 5.20. The normalized spacial score (nSPS) is 15.1. The maximum absolute atomic E-state index is 10.8. The van der Waals surface area contributed by atoms with E-state index < -0.39 is 11.9 Å². The minimum Gasteiger partial charge on any atom is -0.481 e. The van der Waals surface area contributed by atoms with E-state index in [1.54, 1.807) is 19.1 Å². The fourth-order valence-corrected chi connectivity index (χ4v) is 1.95. The van der Waals surface area contributed by atoms with Crippen molar-refractivity contribution in [2.24, 2.45) is 0 Å². The second kappa shape index (κ2) is 3.73. The number of carboxylic acids is 1. The van der Waals surface area contributed by atoms with Crippen molar-refractivity contribution >= 4 is 21.9 Å². The maximum Gasteiger partial charge on any atom is 0.310 e. The number of carboxylic acid groups (broad SMARTS) is 1. The minimum atomic E-state index is -0.860. The molecule has 1 aromatic carbocycles. The number of carbonyl (C=O) groups is 1. The van der Waals surface area contributed by atoms with Crippen LogP contribution in [-0.2, 0) is 4.79 Å². The van der Waals surface area contributed by atoms with Gasteiger partial charge in [-0.15, -0.1) is 0 Å². The molecule has 0 saturated heterocycles. The Morgan fingerprint density at radius 3 is 2.93 bits per heavy atom. The molecule has 1 aromatic rings. The van der Waals surface area contributed by atoms with Gasteiger partial charge in [0.25, 0.3) is 0 Å². The molecule has 0 bridgehead atoms. The van der Waals surface area contributed by atoms with E-state index in [9.17, 15) is 4.79 Å². The van der Waals surface area contributed by atoms with Crippen molar-refractivity contribution in [1.82, 2.24) is 0 Å². The second-order valence-electron chi connectivity index (χ2n) is 3.30. The number of benzene rings is 1. The Kier molecular flexibility index (Phi) is 2.56. The van der Waals surface area contributed by atoms with Crippen molar-refractivity contribution in [3.05, 3.63) is 22.2 Å². The van der Waals surface area contributed by atoms with Crippen LogP contribution in [0.4, 0.5) is 0 Å². The first-order chi connectivity index (χ1) is 7.09. The molecule has 0 aromatic heterocycles. The Balaban J connectivity index is 2.43. The van der Waals surface area contributed by atoms with Gasteiger partial charge >= 0.3 is 5.97 Å². The molecule has 1 N–H and O–H groups in total. The molecule has 1 unspecified atom stereocenters. The Hall–Kier alpha value is -1.23. The van der Waals surface area contributed by atoms with Gasteiger partial charge in [-0.2, -0.15) is 0 Å². The van der Waals surface area contributed by atoms with Crippen molar-refractivity contribution in [3.8, 4) is 11.5 Å². The number of hydrogen-bond donors (Lipinski definition) is 1. The molecule has 0 aliphatic carbocycles. The van der Waals surface area contributed by atoms with Gasteiger partial charge in [0.05, 0.1) is 10.4 Å². The highest BCUT2D eigenvalue weighted by Crippen LogP contribution is 2.41. The highest BCUT2D eigenvalue weighted by atomic mass is 79.9. The number of hydrogen-bond acceptors (Lipinski definition) is 3. The summed E-state index contributed by atoms with van der Waals surface area (Å²) in [6.45, 7) is 1.81. The zero-order valence-corrected chi connectivity index (χ0v) is 9.58. The largest absolute Gasteiger partial charge is 0.481 e. The van der Waals surface area contributed by atoms with E-state index in [1.807, 2.05) is 0 Å². The zero-order valence-electron chi connectivity index (χ0n) is 7.99. The molecule has 0 amide bonds. The molecule has 0 saturated carbocycles. The minimum absolute atomic E-state index is 0.179. The third kappa shape index (κ3) is 1.79. The van der Waals surface area contributed by atoms with E-state index in [1.165, 1.54) is 0 Å². The van der Waals surface area contributed by atoms with E-state index in [-0.39, 0.29) is 6.79 Å². The summed E-state index contributed by atoms with van der Waals surface area (Å²) in [6, 6.07) is 3.44. The van der Waals surface area contributed by atoms with Crippen molar-refractivity contribution in [1.29, 1.82) is 0 Å². The van der Waals surface area contributed by atoms with Crippen molar-refractivity contribution in [3.63, 3.8) is 0 Å². The third-order valence-electron chi connectivity index (χ3n) is 2.32. The van der Waals surface area contributed by atoms with Crippen LogP contribution in [0.2, 0.25) is 0 Å². The van der Waals surface area contributed by atoms with E-state index >= 15 is 0 Å². The fraction of sp³-hybridized carbons (Fsp3) is 0.300. The molecule has 80 valence electrons. The van der Waals surface area contributed by atoms with Crippen LogP contribution in [0.1, 0.15) is 18.4 Å². The Bertz CT molecular complexity index is 416. The quantitative estimate of drug-likeness (QED) is 0.898. The number of aliphatic carboxylic acids is 1. The van der Waals surface area contributed by atoms with E-state index in [0.29, 0.717) is 17.1 Å². The lowest BCUT2D eigenvalue weighted by molar-refractivity contribution is -0.138. The molecule has 0 spiro atoms. The van der Waals surface area contributed by atoms with Crippen LogP contribution in [-0.4, -0.2) is 17.9 Å². The molecule has 15 heavy (non-hydrogen) atoms. The van der Waals surface area contributed by atoms with Gasteiger partial charge in [0.15, 0.2) is 11.5 Å². The lowest BCUT2D eigenvalue weighted by atomic mass is 10.0. The number of ether oxygens (including phenoxy) is 2. The predicted octanol–water partition coefficient (Wildman–Crippen LogP) is 2.37. The topological polar surface area (TPSA) is 55.8 Å². The molecule has 1 aliphatic rings. The van der Waals surface area contributed by atoms with Crippen molar-refractivity contribution < 1.29 is 19.4 Å². The number of rotatable bonds is 2. The van der Waals surface area contributed by atoms with Gasteiger partial charge in [-0.1, -0.05) is 0 Å². The Morgan fingerprint density at radius 2 is 2.27 bits per heavy atom. The first kappa shape index (κ1) is 10.3. The molecule has 2 rings (SSSR count). The molecular formula is C10H9BrO4. The molecule has 5 heteroatoms. The lowest BCUT2D eigenvalue weighted by Gasteiger charge is -2.08. The highest BCUT2D eigenvalue weighted by molar-refractivity contribution is 9.10. The standard InChI is InChI=1S/C10H9BrO4/c1-5(10(12)13)6-2-7(11)9-8(3-6)14-4-15-9/h2-3,5H,4H2,1H3,(H,12,13). The summed E-state index contributed by atoms with van der Waals surface area (Å²) in [5.74, 6) is -0.194. The summed E-state index contributed by atoms with van der Waals surface area (Å²) in [5.41, 5.74) is 0.693. The molecule has 1 heterocycles. The van der Waals surface area contributed by atoms with Gasteiger partial charge in [0.2, 0.25) is 6.79 Å². The average molecular weight is 273 g/mol. The van der Waals surface area contributed by atoms with Crippen LogP contribution in [0, 0.1) is 0 Å². The van der Waals surface area contributed by atoms with Gasteiger partial charge in [-0.25, -0.2) is 0 Å². The predicted molar refractivity (Wildman–Crippen MR) is 56.3 cm³/mol. The smallest absolute Gasteiger partial charge is 0.310 e. The summed E-state index contributed by atoms with van der Waals surface area (Å²) in [4.78, 5) is 10.8. The molecule has 0 radical (unpaired) electrons. The van der Waals surface area contributed by atoms with Crippen LogP contribution in [0.25, 0.3) is 0 Å². The van der Waals surface area contributed by atoms with E-state index in [0.717, 1.165) is 4.47 Å². The summed E-state index contributed by atoms with van der Waals surface area (Å²) < 4.78 is 11.1. The summed E-state index contributed by atoms with van der Waals surface area (Å²) in [7, 11) is 0. The van der Waals surface area contributed by atoms with Crippen molar-refractivity contribution in [2.45, 2.75) is 12.8 Å².